The molecule has 2 atom stereocenters. The summed E-state index contributed by atoms with van der Waals surface area (Å²) in [4.78, 5) is 12.2. The lowest BCUT2D eigenvalue weighted by molar-refractivity contribution is -0.124. The van der Waals surface area contributed by atoms with Crippen LogP contribution in [0.1, 0.15) is 36.3 Å². The number of hydrogen-bond acceptors (Lipinski definition) is 2. The summed E-state index contributed by atoms with van der Waals surface area (Å²) in [6, 6.07) is 17.7. The second kappa shape index (κ2) is 6.13. The minimum atomic E-state index is 0.105. The van der Waals surface area contributed by atoms with Crippen molar-refractivity contribution in [2.45, 2.75) is 31.6 Å². The molecule has 0 spiro atoms. The normalized spacial score (nSPS) is 22.2. The van der Waals surface area contributed by atoms with Crippen LogP contribution in [0.25, 0.3) is 0 Å². The highest BCUT2D eigenvalue weighted by Crippen LogP contribution is 2.35. The maximum Gasteiger partial charge on any atom is 0.136 e. The van der Waals surface area contributed by atoms with Crippen molar-refractivity contribution in [3.63, 3.8) is 0 Å². The molecule has 1 N–H and O–H groups in total. The SMILES string of the molecule is O=C1CCC(c2ccccc2)CC1Cc1ccc(O)cc1. The van der Waals surface area contributed by atoms with Gasteiger partial charge in [-0.2, -0.15) is 0 Å². The number of carbonyl (C=O) groups excluding carboxylic acids is 1. The van der Waals surface area contributed by atoms with Crippen LogP contribution in [0.5, 0.6) is 5.75 Å². The van der Waals surface area contributed by atoms with Gasteiger partial charge in [0.1, 0.15) is 11.5 Å². The van der Waals surface area contributed by atoms with Gasteiger partial charge in [-0.1, -0.05) is 42.5 Å². The summed E-state index contributed by atoms with van der Waals surface area (Å²) in [5.41, 5.74) is 2.47. The number of aromatic hydroxyl groups is 1. The van der Waals surface area contributed by atoms with Crippen molar-refractivity contribution >= 4 is 5.78 Å². The van der Waals surface area contributed by atoms with Gasteiger partial charge < -0.3 is 5.11 Å². The van der Waals surface area contributed by atoms with Crippen LogP contribution in [0, 0.1) is 5.92 Å². The lowest BCUT2D eigenvalue weighted by Gasteiger charge is -2.28. The van der Waals surface area contributed by atoms with Crippen LogP contribution in [0.15, 0.2) is 54.6 Å². The fourth-order valence-corrected chi connectivity index (χ4v) is 3.26. The molecule has 1 aliphatic rings. The molecule has 2 unspecified atom stereocenters. The molecule has 0 bridgehead atoms. The van der Waals surface area contributed by atoms with Gasteiger partial charge in [-0.3, -0.25) is 4.79 Å². The number of ketones is 1. The second-order valence-corrected chi connectivity index (χ2v) is 5.92. The fourth-order valence-electron chi connectivity index (χ4n) is 3.26. The molecule has 0 aliphatic heterocycles. The van der Waals surface area contributed by atoms with Gasteiger partial charge >= 0.3 is 0 Å². The molecule has 0 aromatic heterocycles. The average molecular weight is 280 g/mol. The molecular weight excluding hydrogens is 260 g/mol. The number of phenolic OH excluding ortho intramolecular Hbond substituents is 1. The Morgan fingerprint density at radius 2 is 1.71 bits per heavy atom. The third-order valence-corrected chi connectivity index (χ3v) is 4.45. The fraction of sp³-hybridized carbons (Fsp3) is 0.316. The Kier molecular flexibility index (Phi) is 4.05. The molecule has 2 aromatic carbocycles. The van der Waals surface area contributed by atoms with Crippen molar-refractivity contribution in [1.82, 2.24) is 0 Å². The van der Waals surface area contributed by atoms with Gasteiger partial charge in [0.05, 0.1) is 0 Å². The molecule has 1 fully saturated rings. The van der Waals surface area contributed by atoms with Crippen molar-refractivity contribution in [2.75, 3.05) is 0 Å². The summed E-state index contributed by atoms with van der Waals surface area (Å²) in [5, 5.41) is 9.34. The first-order chi connectivity index (χ1) is 10.2. The average Bonchev–Trinajstić information content (AvgIpc) is 2.52. The highest BCUT2D eigenvalue weighted by Gasteiger charge is 2.29. The zero-order valence-corrected chi connectivity index (χ0v) is 12.0. The van der Waals surface area contributed by atoms with Gasteiger partial charge in [0, 0.05) is 12.3 Å². The quantitative estimate of drug-likeness (QED) is 0.919. The largest absolute Gasteiger partial charge is 0.508 e. The van der Waals surface area contributed by atoms with Crippen molar-refractivity contribution in [1.29, 1.82) is 0 Å². The molecule has 0 radical (unpaired) electrons. The zero-order valence-electron chi connectivity index (χ0n) is 12.0. The van der Waals surface area contributed by atoms with Crippen molar-refractivity contribution in [3.05, 3.63) is 65.7 Å². The van der Waals surface area contributed by atoms with Crippen LogP contribution in [-0.2, 0) is 11.2 Å². The van der Waals surface area contributed by atoms with Crippen LogP contribution in [-0.4, -0.2) is 10.9 Å². The van der Waals surface area contributed by atoms with E-state index in [0.29, 0.717) is 18.1 Å². The molecule has 2 heteroatoms. The summed E-state index contributed by atoms with van der Waals surface area (Å²) in [6.07, 6.45) is 3.36. The first-order valence-electron chi connectivity index (χ1n) is 7.58. The van der Waals surface area contributed by atoms with Gasteiger partial charge in [0.15, 0.2) is 0 Å². The number of Topliss-reactive ketones (excluding diaryl/α,β-unsaturated/α-hetero) is 1. The molecule has 3 rings (SSSR count). The van der Waals surface area contributed by atoms with Crippen molar-refractivity contribution in [3.8, 4) is 5.75 Å². The Labute approximate surface area is 125 Å². The Morgan fingerprint density at radius 3 is 2.43 bits per heavy atom. The molecule has 21 heavy (non-hydrogen) atoms. The van der Waals surface area contributed by atoms with Gasteiger partial charge in [-0.25, -0.2) is 0 Å². The maximum atomic E-state index is 12.2. The van der Waals surface area contributed by atoms with Crippen molar-refractivity contribution < 1.29 is 9.90 Å². The summed E-state index contributed by atoms with van der Waals surface area (Å²) in [5.74, 6) is 1.26. The number of phenols is 1. The van der Waals surface area contributed by atoms with E-state index in [9.17, 15) is 9.90 Å². The summed E-state index contributed by atoms with van der Waals surface area (Å²) >= 11 is 0. The first kappa shape index (κ1) is 13.9. The molecule has 0 saturated heterocycles. The van der Waals surface area contributed by atoms with Crippen LogP contribution < -0.4 is 0 Å². The van der Waals surface area contributed by atoms with E-state index >= 15 is 0 Å². The molecule has 2 nitrogen and oxygen atoms in total. The van der Waals surface area contributed by atoms with Gasteiger partial charge in [-0.15, -0.1) is 0 Å². The van der Waals surface area contributed by atoms with Crippen molar-refractivity contribution in [2.24, 2.45) is 5.92 Å². The van der Waals surface area contributed by atoms with E-state index < -0.39 is 0 Å². The van der Waals surface area contributed by atoms with E-state index in [2.05, 4.69) is 24.3 Å². The van der Waals surface area contributed by atoms with Gasteiger partial charge in [0.2, 0.25) is 0 Å². The van der Waals surface area contributed by atoms with Gasteiger partial charge in [0.25, 0.3) is 0 Å². The van der Waals surface area contributed by atoms with E-state index in [1.165, 1.54) is 5.56 Å². The van der Waals surface area contributed by atoms with Crippen LogP contribution in [0.2, 0.25) is 0 Å². The molecule has 108 valence electrons. The maximum absolute atomic E-state index is 12.2. The highest BCUT2D eigenvalue weighted by atomic mass is 16.3. The van der Waals surface area contributed by atoms with E-state index in [4.69, 9.17) is 0 Å². The lowest BCUT2D eigenvalue weighted by atomic mass is 9.75. The van der Waals surface area contributed by atoms with Gasteiger partial charge in [-0.05, 0) is 48.4 Å². The summed E-state index contributed by atoms with van der Waals surface area (Å²) in [7, 11) is 0. The van der Waals surface area contributed by atoms with Crippen LogP contribution >= 0.6 is 0 Å². The minimum Gasteiger partial charge on any atom is -0.508 e. The predicted octanol–water partition coefficient (Wildman–Crippen LogP) is 4.09. The molecule has 0 heterocycles. The first-order valence-corrected chi connectivity index (χ1v) is 7.58. The Hall–Kier alpha value is -2.09. The van der Waals surface area contributed by atoms with E-state index in [1.807, 2.05) is 18.2 Å². The third kappa shape index (κ3) is 3.33. The Morgan fingerprint density at radius 1 is 1.00 bits per heavy atom. The summed E-state index contributed by atoms with van der Waals surface area (Å²) in [6.45, 7) is 0. The monoisotopic (exact) mass is 280 g/mol. The molecule has 2 aromatic rings. The Bertz CT molecular complexity index is 601. The standard InChI is InChI=1S/C19H20O2/c20-18-9-6-14(7-10-18)12-17-13-16(8-11-19(17)21)15-4-2-1-3-5-15/h1-7,9-10,16-17,20H,8,11-13H2. The molecule has 1 saturated carbocycles. The third-order valence-electron chi connectivity index (χ3n) is 4.45. The van der Waals surface area contributed by atoms with E-state index in [-0.39, 0.29) is 11.7 Å². The lowest BCUT2D eigenvalue weighted by Crippen LogP contribution is -2.25. The van der Waals surface area contributed by atoms with E-state index in [0.717, 1.165) is 24.8 Å². The second-order valence-electron chi connectivity index (χ2n) is 5.92. The summed E-state index contributed by atoms with van der Waals surface area (Å²) < 4.78 is 0. The number of hydrogen-bond donors (Lipinski definition) is 1. The predicted molar refractivity (Wildman–Crippen MR) is 83.3 cm³/mol. The van der Waals surface area contributed by atoms with Crippen LogP contribution in [0.3, 0.4) is 0 Å². The highest BCUT2D eigenvalue weighted by molar-refractivity contribution is 5.82. The minimum absolute atomic E-state index is 0.105. The number of rotatable bonds is 3. The number of benzene rings is 2. The molecule has 1 aliphatic carbocycles. The van der Waals surface area contributed by atoms with Crippen LogP contribution in [0.4, 0.5) is 0 Å². The molecule has 0 amide bonds. The van der Waals surface area contributed by atoms with E-state index in [1.54, 1.807) is 12.1 Å². The molecular formula is C19H20O2. The Balaban J connectivity index is 1.72. The zero-order chi connectivity index (χ0) is 14.7. The topological polar surface area (TPSA) is 37.3 Å². The smallest absolute Gasteiger partial charge is 0.136 e. The number of carbonyl (C=O) groups is 1.